The van der Waals surface area contributed by atoms with Crippen molar-refractivity contribution in [3.05, 3.63) is 53.6 Å². The highest BCUT2D eigenvalue weighted by Crippen LogP contribution is 2.38. The standard InChI is InChI=1S/C24H32N2O4S/c1-15(2)23(16(3)4)25-24(27)22-14-26(20-13-18(6)9-12-21(20)30-22)31(28,29)19-10-7-17(5)8-11-19/h7-13,15-16,22-23H,14H2,1-6H3,(H,25,27). The Bertz CT molecular complexity index is 1040. The number of amides is 1. The maximum Gasteiger partial charge on any atom is 0.264 e. The number of carbonyl (C=O) groups excluding carboxylic acids is 1. The Morgan fingerprint density at radius 3 is 2.16 bits per heavy atom. The molecule has 1 aliphatic rings. The Morgan fingerprint density at radius 1 is 1.00 bits per heavy atom. The molecule has 0 bridgehead atoms. The molecule has 7 heteroatoms. The van der Waals surface area contributed by atoms with Crippen molar-refractivity contribution in [1.82, 2.24) is 5.32 Å². The lowest BCUT2D eigenvalue weighted by Gasteiger charge is -2.36. The van der Waals surface area contributed by atoms with Crippen LogP contribution in [0.5, 0.6) is 5.75 Å². The summed E-state index contributed by atoms with van der Waals surface area (Å²) >= 11 is 0. The Morgan fingerprint density at radius 2 is 1.58 bits per heavy atom. The van der Waals surface area contributed by atoms with E-state index in [4.69, 9.17) is 4.74 Å². The third-order valence-corrected chi connectivity index (χ3v) is 7.42. The Kier molecular flexibility index (Phi) is 6.65. The molecule has 1 heterocycles. The molecule has 1 aliphatic heterocycles. The van der Waals surface area contributed by atoms with Gasteiger partial charge in [-0.05, 0) is 55.5 Å². The average molecular weight is 445 g/mol. The van der Waals surface area contributed by atoms with Gasteiger partial charge < -0.3 is 10.1 Å². The molecular weight excluding hydrogens is 412 g/mol. The molecule has 0 aliphatic carbocycles. The maximum absolute atomic E-state index is 13.5. The van der Waals surface area contributed by atoms with Crippen LogP contribution in [-0.4, -0.2) is 33.0 Å². The van der Waals surface area contributed by atoms with E-state index >= 15 is 0 Å². The second-order valence-electron chi connectivity index (χ2n) is 8.95. The summed E-state index contributed by atoms with van der Waals surface area (Å²) in [6.45, 7) is 11.9. The molecule has 0 aromatic heterocycles. The first-order valence-corrected chi connectivity index (χ1v) is 12.1. The molecule has 1 amide bonds. The number of hydrogen-bond acceptors (Lipinski definition) is 4. The SMILES string of the molecule is Cc1ccc(S(=O)(=O)N2CC(C(=O)NC(C(C)C)C(C)C)Oc3ccc(C)cc32)cc1. The lowest BCUT2D eigenvalue weighted by atomic mass is 9.93. The van der Waals surface area contributed by atoms with Crippen LogP contribution in [0.15, 0.2) is 47.4 Å². The van der Waals surface area contributed by atoms with Crippen molar-refractivity contribution in [2.75, 3.05) is 10.8 Å². The van der Waals surface area contributed by atoms with Gasteiger partial charge in [0.15, 0.2) is 6.10 Å². The fourth-order valence-electron chi connectivity index (χ4n) is 3.92. The summed E-state index contributed by atoms with van der Waals surface area (Å²) in [5, 5.41) is 3.06. The number of sulfonamides is 1. The normalized spacial score (nSPS) is 16.4. The second-order valence-corrected chi connectivity index (χ2v) is 10.8. The van der Waals surface area contributed by atoms with Crippen molar-refractivity contribution in [3.63, 3.8) is 0 Å². The van der Waals surface area contributed by atoms with Gasteiger partial charge in [-0.1, -0.05) is 51.5 Å². The number of nitrogens with one attached hydrogen (secondary N) is 1. The van der Waals surface area contributed by atoms with Crippen LogP contribution < -0.4 is 14.4 Å². The van der Waals surface area contributed by atoms with Crippen molar-refractivity contribution < 1.29 is 17.9 Å². The minimum Gasteiger partial charge on any atom is -0.476 e. The fourth-order valence-corrected chi connectivity index (χ4v) is 5.39. The third-order valence-electron chi connectivity index (χ3n) is 5.63. The van der Waals surface area contributed by atoms with Gasteiger partial charge in [-0.2, -0.15) is 0 Å². The number of hydrogen-bond donors (Lipinski definition) is 1. The van der Waals surface area contributed by atoms with Gasteiger partial charge in [0.25, 0.3) is 15.9 Å². The van der Waals surface area contributed by atoms with Gasteiger partial charge in [0.1, 0.15) is 5.75 Å². The van der Waals surface area contributed by atoms with Gasteiger partial charge in [0.2, 0.25) is 0 Å². The third kappa shape index (κ3) is 4.87. The zero-order valence-electron chi connectivity index (χ0n) is 19.0. The van der Waals surface area contributed by atoms with E-state index in [-0.39, 0.29) is 35.2 Å². The van der Waals surface area contributed by atoms with E-state index in [2.05, 4.69) is 33.0 Å². The molecule has 0 radical (unpaired) electrons. The van der Waals surface area contributed by atoms with Gasteiger partial charge in [0.05, 0.1) is 17.1 Å². The van der Waals surface area contributed by atoms with Gasteiger partial charge in [-0.25, -0.2) is 8.42 Å². The summed E-state index contributed by atoms with van der Waals surface area (Å²) in [7, 11) is -3.86. The van der Waals surface area contributed by atoms with E-state index in [0.29, 0.717) is 11.4 Å². The van der Waals surface area contributed by atoms with Crippen LogP contribution >= 0.6 is 0 Å². The minimum absolute atomic E-state index is 0.0299. The average Bonchev–Trinajstić information content (AvgIpc) is 2.70. The minimum atomic E-state index is -3.86. The molecule has 2 aromatic carbocycles. The zero-order chi connectivity index (χ0) is 22.9. The lowest BCUT2D eigenvalue weighted by Crippen LogP contribution is -2.54. The highest BCUT2D eigenvalue weighted by atomic mass is 32.2. The Hall–Kier alpha value is -2.54. The molecule has 1 unspecified atom stereocenters. The highest BCUT2D eigenvalue weighted by Gasteiger charge is 2.38. The molecule has 0 fully saturated rings. The molecule has 1 N–H and O–H groups in total. The summed E-state index contributed by atoms with van der Waals surface area (Å²) in [5.41, 5.74) is 2.34. The molecule has 2 aromatic rings. The first-order chi connectivity index (χ1) is 14.5. The van der Waals surface area contributed by atoms with Crippen molar-refractivity contribution in [2.24, 2.45) is 11.8 Å². The molecular formula is C24H32N2O4S. The van der Waals surface area contributed by atoms with Crippen LogP contribution in [0.3, 0.4) is 0 Å². The molecule has 0 spiro atoms. The summed E-state index contributed by atoms with van der Waals surface area (Å²) in [4.78, 5) is 13.3. The van der Waals surface area contributed by atoms with Crippen LogP contribution in [0.2, 0.25) is 0 Å². The largest absolute Gasteiger partial charge is 0.476 e. The maximum atomic E-state index is 13.5. The van der Waals surface area contributed by atoms with Crippen LogP contribution in [0, 0.1) is 25.7 Å². The van der Waals surface area contributed by atoms with Gasteiger partial charge >= 0.3 is 0 Å². The summed E-state index contributed by atoms with van der Waals surface area (Å²) < 4.78 is 34.3. The van der Waals surface area contributed by atoms with Crippen molar-refractivity contribution >= 4 is 21.6 Å². The van der Waals surface area contributed by atoms with Gasteiger partial charge in [-0.15, -0.1) is 0 Å². The first-order valence-electron chi connectivity index (χ1n) is 10.7. The van der Waals surface area contributed by atoms with Gasteiger partial charge in [0, 0.05) is 6.04 Å². The second kappa shape index (κ2) is 8.91. The molecule has 168 valence electrons. The molecule has 6 nitrogen and oxygen atoms in total. The van der Waals surface area contributed by atoms with E-state index < -0.39 is 16.1 Å². The smallest absolute Gasteiger partial charge is 0.264 e. The molecule has 31 heavy (non-hydrogen) atoms. The van der Waals surface area contributed by atoms with E-state index in [1.54, 1.807) is 36.4 Å². The molecule has 1 atom stereocenters. The van der Waals surface area contributed by atoms with Gasteiger partial charge in [-0.3, -0.25) is 9.10 Å². The lowest BCUT2D eigenvalue weighted by molar-refractivity contribution is -0.129. The number of aryl methyl sites for hydroxylation is 2. The molecule has 3 rings (SSSR count). The van der Waals surface area contributed by atoms with E-state index in [9.17, 15) is 13.2 Å². The number of ether oxygens (including phenoxy) is 1. The Labute approximate surface area is 185 Å². The molecule has 0 saturated heterocycles. The number of carbonyl (C=O) groups is 1. The number of anilines is 1. The quantitative estimate of drug-likeness (QED) is 0.729. The fraction of sp³-hybridized carbons (Fsp3) is 0.458. The van der Waals surface area contributed by atoms with Crippen LogP contribution in [-0.2, 0) is 14.8 Å². The number of nitrogens with zero attached hydrogens (tertiary/aromatic N) is 1. The summed E-state index contributed by atoms with van der Waals surface area (Å²) in [6, 6.07) is 12.1. The number of benzene rings is 2. The van der Waals surface area contributed by atoms with Crippen molar-refractivity contribution in [2.45, 2.75) is 58.6 Å². The van der Waals surface area contributed by atoms with Crippen LogP contribution in [0.4, 0.5) is 5.69 Å². The zero-order valence-corrected chi connectivity index (χ0v) is 19.9. The van der Waals surface area contributed by atoms with E-state index in [0.717, 1.165) is 11.1 Å². The van der Waals surface area contributed by atoms with Crippen molar-refractivity contribution in [3.8, 4) is 5.75 Å². The monoisotopic (exact) mass is 444 g/mol. The highest BCUT2D eigenvalue weighted by molar-refractivity contribution is 7.92. The first kappa shape index (κ1) is 23.1. The topological polar surface area (TPSA) is 75.7 Å². The van der Waals surface area contributed by atoms with E-state index in [1.165, 1.54) is 4.31 Å². The van der Waals surface area contributed by atoms with Crippen LogP contribution in [0.1, 0.15) is 38.8 Å². The number of rotatable bonds is 6. The predicted molar refractivity (Wildman–Crippen MR) is 123 cm³/mol. The number of fused-ring (bicyclic) bond motifs is 1. The van der Waals surface area contributed by atoms with Crippen molar-refractivity contribution in [1.29, 1.82) is 0 Å². The predicted octanol–water partition coefficient (Wildman–Crippen LogP) is 4.06. The summed E-state index contributed by atoms with van der Waals surface area (Å²) in [5.74, 6) is 0.575. The molecule has 0 saturated carbocycles. The van der Waals surface area contributed by atoms with E-state index in [1.807, 2.05) is 19.9 Å². The Balaban J connectivity index is 1.98. The van der Waals surface area contributed by atoms with Crippen LogP contribution in [0.25, 0.3) is 0 Å². The summed E-state index contributed by atoms with van der Waals surface area (Å²) in [6.07, 6.45) is -0.935.